The van der Waals surface area contributed by atoms with Gasteiger partial charge >= 0.3 is 0 Å². The van der Waals surface area contributed by atoms with Crippen LogP contribution in [0, 0.1) is 0 Å². The third-order valence-electron chi connectivity index (χ3n) is 5.54. The molecule has 0 radical (unpaired) electrons. The van der Waals surface area contributed by atoms with Gasteiger partial charge in [0.05, 0.1) is 31.1 Å². The van der Waals surface area contributed by atoms with Crippen molar-refractivity contribution in [3.8, 4) is 17.1 Å². The molecule has 1 amide bonds. The fraction of sp³-hybridized carbons (Fsp3) is 0.320. The van der Waals surface area contributed by atoms with Gasteiger partial charge in [0.1, 0.15) is 5.75 Å². The Morgan fingerprint density at radius 1 is 1.21 bits per heavy atom. The minimum atomic E-state index is -0.378. The van der Waals surface area contributed by atoms with E-state index in [1.807, 2.05) is 60.0 Å². The molecule has 0 saturated carbocycles. The lowest BCUT2D eigenvalue weighted by Gasteiger charge is -2.28. The van der Waals surface area contributed by atoms with Gasteiger partial charge in [-0.15, -0.1) is 16.8 Å². The standard InChI is InChI=1S/C25H29N5O3S/c1-4-13-30-23(21-7-5-6-8-22(21)32-3)27-28-25(30)34-18(2)24(31)26-19-9-11-20(12-10-19)29-14-16-33-17-15-29/h4-12,18H,1,13-17H2,2-3H3,(H,26,31). The quantitative estimate of drug-likeness (QED) is 0.366. The van der Waals surface area contributed by atoms with Crippen LogP contribution in [-0.2, 0) is 16.1 Å². The molecular weight excluding hydrogens is 450 g/mol. The van der Waals surface area contributed by atoms with Gasteiger partial charge in [0.15, 0.2) is 11.0 Å². The second-order valence-electron chi connectivity index (χ2n) is 7.80. The van der Waals surface area contributed by atoms with Gasteiger partial charge in [0.25, 0.3) is 0 Å². The summed E-state index contributed by atoms with van der Waals surface area (Å²) in [5.74, 6) is 1.28. The van der Waals surface area contributed by atoms with Crippen LogP contribution in [0.1, 0.15) is 6.92 Å². The molecule has 9 heteroatoms. The molecule has 4 rings (SSSR count). The highest BCUT2D eigenvalue weighted by atomic mass is 32.2. The molecule has 1 fully saturated rings. The van der Waals surface area contributed by atoms with E-state index in [0.29, 0.717) is 23.3 Å². The number of benzene rings is 2. The number of nitrogens with one attached hydrogen (secondary N) is 1. The third-order valence-corrected chi connectivity index (χ3v) is 6.62. The van der Waals surface area contributed by atoms with Crippen LogP contribution in [-0.4, -0.2) is 59.3 Å². The Labute approximate surface area is 204 Å². The lowest BCUT2D eigenvalue weighted by molar-refractivity contribution is -0.115. The Balaban J connectivity index is 1.44. The summed E-state index contributed by atoms with van der Waals surface area (Å²) in [6.07, 6.45) is 1.78. The van der Waals surface area contributed by atoms with Gasteiger partial charge in [-0.2, -0.15) is 0 Å². The van der Waals surface area contributed by atoms with Gasteiger partial charge < -0.3 is 19.7 Å². The smallest absolute Gasteiger partial charge is 0.237 e. The number of rotatable bonds is 9. The number of methoxy groups -OCH3 is 1. The lowest BCUT2D eigenvalue weighted by Crippen LogP contribution is -2.36. The molecule has 1 N–H and O–H groups in total. The molecule has 1 unspecified atom stereocenters. The number of para-hydroxylation sites is 1. The summed E-state index contributed by atoms with van der Waals surface area (Å²) >= 11 is 1.36. The van der Waals surface area contributed by atoms with Crippen LogP contribution in [0.2, 0.25) is 0 Å². The van der Waals surface area contributed by atoms with Crippen molar-refractivity contribution in [1.29, 1.82) is 0 Å². The molecule has 1 aliphatic rings. The summed E-state index contributed by atoms with van der Waals surface area (Å²) in [6.45, 7) is 9.46. The number of ether oxygens (including phenoxy) is 2. The van der Waals surface area contributed by atoms with Crippen LogP contribution in [0.5, 0.6) is 5.75 Å². The largest absolute Gasteiger partial charge is 0.496 e. The molecule has 178 valence electrons. The maximum atomic E-state index is 12.9. The van der Waals surface area contributed by atoms with Crippen molar-refractivity contribution in [3.63, 3.8) is 0 Å². The molecule has 8 nitrogen and oxygen atoms in total. The van der Waals surface area contributed by atoms with Gasteiger partial charge in [-0.05, 0) is 43.3 Å². The zero-order valence-corrected chi connectivity index (χ0v) is 20.3. The van der Waals surface area contributed by atoms with E-state index in [2.05, 4.69) is 27.0 Å². The van der Waals surface area contributed by atoms with Gasteiger partial charge in [0.2, 0.25) is 5.91 Å². The van der Waals surface area contributed by atoms with Crippen LogP contribution >= 0.6 is 11.8 Å². The van der Waals surface area contributed by atoms with E-state index < -0.39 is 0 Å². The summed E-state index contributed by atoms with van der Waals surface area (Å²) in [4.78, 5) is 15.2. The number of carbonyl (C=O) groups excluding carboxylic acids is 1. The number of nitrogens with zero attached hydrogens (tertiary/aromatic N) is 4. The topological polar surface area (TPSA) is 81.5 Å². The fourth-order valence-electron chi connectivity index (χ4n) is 3.73. The van der Waals surface area contributed by atoms with E-state index >= 15 is 0 Å². The summed E-state index contributed by atoms with van der Waals surface area (Å²) in [5.41, 5.74) is 2.73. The van der Waals surface area contributed by atoms with E-state index in [-0.39, 0.29) is 11.2 Å². The Hall–Kier alpha value is -3.30. The number of hydrogen-bond acceptors (Lipinski definition) is 7. The summed E-state index contributed by atoms with van der Waals surface area (Å²) in [7, 11) is 1.63. The number of anilines is 2. The predicted octanol–water partition coefficient (Wildman–Crippen LogP) is 4.10. The van der Waals surface area contributed by atoms with Crippen molar-refractivity contribution < 1.29 is 14.3 Å². The Bertz CT molecular complexity index is 1130. The molecule has 0 bridgehead atoms. The van der Waals surface area contributed by atoms with Gasteiger partial charge in [-0.1, -0.05) is 30.0 Å². The highest BCUT2D eigenvalue weighted by Crippen LogP contribution is 2.32. The fourth-order valence-corrected chi connectivity index (χ4v) is 4.59. The zero-order chi connectivity index (χ0) is 23.9. The van der Waals surface area contributed by atoms with Crippen molar-refractivity contribution >= 4 is 29.0 Å². The van der Waals surface area contributed by atoms with Crippen molar-refractivity contribution in [2.75, 3.05) is 43.6 Å². The first-order valence-electron chi connectivity index (χ1n) is 11.2. The third kappa shape index (κ3) is 5.43. The van der Waals surface area contributed by atoms with E-state index in [1.165, 1.54) is 11.8 Å². The van der Waals surface area contributed by atoms with Crippen LogP contribution in [0.15, 0.2) is 66.3 Å². The van der Waals surface area contributed by atoms with E-state index in [4.69, 9.17) is 9.47 Å². The van der Waals surface area contributed by atoms with E-state index in [9.17, 15) is 4.79 Å². The summed E-state index contributed by atoms with van der Waals surface area (Å²) in [5, 5.41) is 12.0. The Morgan fingerprint density at radius 3 is 2.65 bits per heavy atom. The van der Waals surface area contributed by atoms with Crippen LogP contribution in [0.25, 0.3) is 11.4 Å². The van der Waals surface area contributed by atoms with Crippen molar-refractivity contribution in [2.24, 2.45) is 0 Å². The molecule has 1 atom stereocenters. The second kappa shape index (κ2) is 11.2. The number of amides is 1. The molecular formula is C25H29N5O3S. The van der Waals surface area contributed by atoms with Crippen LogP contribution < -0.4 is 15.0 Å². The number of aromatic nitrogens is 3. The monoisotopic (exact) mass is 479 g/mol. The maximum absolute atomic E-state index is 12.9. The molecule has 3 aromatic rings. The van der Waals surface area contributed by atoms with Gasteiger partial charge in [-0.3, -0.25) is 9.36 Å². The molecule has 0 aliphatic carbocycles. The second-order valence-corrected chi connectivity index (χ2v) is 9.11. The maximum Gasteiger partial charge on any atom is 0.237 e. The highest BCUT2D eigenvalue weighted by molar-refractivity contribution is 8.00. The molecule has 1 aliphatic heterocycles. The van der Waals surface area contributed by atoms with Gasteiger partial charge in [0, 0.05) is 31.0 Å². The molecule has 0 spiro atoms. The minimum absolute atomic E-state index is 0.101. The highest BCUT2D eigenvalue weighted by Gasteiger charge is 2.22. The van der Waals surface area contributed by atoms with E-state index in [1.54, 1.807) is 13.2 Å². The molecule has 1 saturated heterocycles. The molecule has 2 aromatic carbocycles. The normalized spacial score (nSPS) is 14.5. The number of carbonyl (C=O) groups is 1. The zero-order valence-electron chi connectivity index (χ0n) is 19.4. The summed E-state index contributed by atoms with van der Waals surface area (Å²) < 4.78 is 12.8. The Morgan fingerprint density at radius 2 is 1.94 bits per heavy atom. The average Bonchev–Trinajstić information content (AvgIpc) is 3.27. The average molecular weight is 480 g/mol. The van der Waals surface area contributed by atoms with Crippen molar-refractivity contribution in [3.05, 3.63) is 61.2 Å². The van der Waals surface area contributed by atoms with Crippen molar-refractivity contribution in [2.45, 2.75) is 23.9 Å². The predicted molar refractivity (Wildman–Crippen MR) is 136 cm³/mol. The first kappa shape index (κ1) is 23.8. The number of hydrogen-bond donors (Lipinski definition) is 1. The van der Waals surface area contributed by atoms with Crippen molar-refractivity contribution in [1.82, 2.24) is 14.8 Å². The number of allylic oxidation sites excluding steroid dienone is 1. The van der Waals surface area contributed by atoms with Crippen LogP contribution in [0.3, 0.4) is 0 Å². The molecule has 2 heterocycles. The van der Waals surface area contributed by atoms with Crippen LogP contribution in [0.4, 0.5) is 11.4 Å². The molecule has 1 aromatic heterocycles. The summed E-state index contributed by atoms with van der Waals surface area (Å²) in [6, 6.07) is 15.6. The first-order valence-corrected chi connectivity index (χ1v) is 12.1. The lowest BCUT2D eigenvalue weighted by atomic mass is 10.2. The van der Waals surface area contributed by atoms with E-state index in [0.717, 1.165) is 43.2 Å². The minimum Gasteiger partial charge on any atom is -0.496 e. The van der Waals surface area contributed by atoms with Gasteiger partial charge in [-0.25, -0.2) is 0 Å². The Kier molecular flexibility index (Phi) is 7.87. The number of morpholine rings is 1. The number of thioether (sulfide) groups is 1. The first-order chi connectivity index (χ1) is 16.6. The molecule has 34 heavy (non-hydrogen) atoms. The SMILES string of the molecule is C=CCn1c(SC(C)C(=O)Nc2ccc(N3CCOCC3)cc2)nnc1-c1ccccc1OC.